The van der Waals surface area contributed by atoms with E-state index in [1.807, 2.05) is 13.8 Å². The van der Waals surface area contributed by atoms with Gasteiger partial charge in [0.1, 0.15) is 0 Å². The van der Waals surface area contributed by atoms with Crippen molar-refractivity contribution in [2.24, 2.45) is 0 Å². The molecule has 1 saturated heterocycles. The van der Waals surface area contributed by atoms with Crippen LogP contribution < -0.4 is 0 Å². The molecule has 0 bridgehead atoms. The maximum Gasteiger partial charge on any atom is 0.220 e. The molecule has 0 aliphatic carbocycles. The van der Waals surface area contributed by atoms with Crippen molar-refractivity contribution in [3.05, 3.63) is 0 Å². The molecule has 1 aliphatic rings. The van der Waals surface area contributed by atoms with Crippen LogP contribution in [0.3, 0.4) is 0 Å². The summed E-state index contributed by atoms with van der Waals surface area (Å²) in [5.41, 5.74) is 0. The fourth-order valence-corrected chi connectivity index (χ4v) is 2.99. The zero-order chi connectivity index (χ0) is 12.0. The van der Waals surface area contributed by atoms with E-state index in [1.54, 1.807) is 0 Å². The first-order chi connectivity index (χ1) is 7.59. The van der Waals surface area contributed by atoms with Gasteiger partial charge in [-0.15, -0.1) is 0 Å². The molecule has 1 heterocycles. The molecule has 0 amide bonds. The fourth-order valence-electron chi connectivity index (χ4n) is 1.58. The molecule has 2 nitrogen and oxygen atoms in total. The maximum atomic E-state index is 5.40. The molecule has 0 saturated carbocycles. The minimum absolute atomic E-state index is 0.156. The van der Waals surface area contributed by atoms with Gasteiger partial charge in [-0.2, -0.15) is 0 Å². The Bertz CT molecular complexity index is 250. The molecule has 1 fully saturated rings. The first-order valence-electron chi connectivity index (χ1n) is 5.71. The Labute approximate surface area is 113 Å². The van der Waals surface area contributed by atoms with E-state index in [0.29, 0.717) is 4.38 Å². The zero-order valence-corrected chi connectivity index (χ0v) is 12.3. The van der Waals surface area contributed by atoms with E-state index in [4.69, 9.17) is 29.2 Å². The molecule has 0 spiro atoms. The van der Waals surface area contributed by atoms with Crippen LogP contribution in [0.25, 0.3) is 0 Å². The van der Waals surface area contributed by atoms with Crippen molar-refractivity contribution in [3.63, 3.8) is 0 Å². The highest BCUT2D eigenvalue weighted by Crippen LogP contribution is 2.14. The number of hydrogen-bond donors (Lipinski definition) is 0. The van der Waals surface area contributed by atoms with Gasteiger partial charge in [0.25, 0.3) is 0 Å². The van der Waals surface area contributed by atoms with Crippen molar-refractivity contribution in [3.8, 4) is 0 Å². The standard InChI is InChI=1S/C11H19NOS3/c1-9(2)13-11(15)16-8-10(14)12-6-4-3-5-7-12/h9H,3-8H2,1-2H3. The maximum absolute atomic E-state index is 5.40. The van der Waals surface area contributed by atoms with Gasteiger partial charge in [-0.1, -0.05) is 24.0 Å². The van der Waals surface area contributed by atoms with Crippen molar-refractivity contribution in [1.82, 2.24) is 4.90 Å². The lowest BCUT2D eigenvalue weighted by Gasteiger charge is -2.28. The van der Waals surface area contributed by atoms with Crippen LogP contribution in [0, 0.1) is 0 Å². The molecular weight excluding hydrogens is 258 g/mol. The number of rotatable bonds is 3. The van der Waals surface area contributed by atoms with Gasteiger partial charge in [0, 0.05) is 13.1 Å². The molecule has 5 heteroatoms. The van der Waals surface area contributed by atoms with Crippen molar-refractivity contribution in [2.75, 3.05) is 18.8 Å². The zero-order valence-electron chi connectivity index (χ0n) is 9.90. The topological polar surface area (TPSA) is 12.5 Å². The largest absolute Gasteiger partial charge is 0.476 e. The van der Waals surface area contributed by atoms with E-state index in [2.05, 4.69) is 4.90 Å². The van der Waals surface area contributed by atoms with Gasteiger partial charge in [-0.05, 0) is 45.3 Å². The Morgan fingerprint density at radius 2 is 1.88 bits per heavy atom. The van der Waals surface area contributed by atoms with Crippen LogP contribution in [-0.2, 0) is 4.74 Å². The summed E-state index contributed by atoms with van der Waals surface area (Å²) in [6.07, 6.45) is 4.01. The molecule has 0 N–H and O–H groups in total. The monoisotopic (exact) mass is 277 g/mol. The van der Waals surface area contributed by atoms with E-state index < -0.39 is 0 Å². The van der Waals surface area contributed by atoms with Crippen molar-refractivity contribution in [1.29, 1.82) is 0 Å². The van der Waals surface area contributed by atoms with E-state index in [-0.39, 0.29) is 6.10 Å². The number of thiocarbonyl (C=S) groups is 2. The van der Waals surface area contributed by atoms with Crippen LogP contribution in [0.1, 0.15) is 33.1 Å². The fraction of sp³-hybridized carbons (Fsp3) is 0.818. The summed E-state index contributed by atoms with van der Waals surface area (Å²) in [5.74, 6) is 0.779. The predicted octanol–water partition coefficient (Wildman–Crippen LogP) is 3.24. The van der Waals surface area contributed by atoms with Crippen LogP contribution in [-0.4, -0.2) is 39.2 Å². The van der Waals surface area contributed by atoms with Gasteiger partial charge >= 0.3 is 0 Å². The lowest BCUT2D eigenvalue weighted by Crippen LogP contribution is -2.35. The number of nitrogens with zero attached hydrogens (tertiary/aromatic N) is 1. The summed E-state index contributed by atoms with van der Waals surface area (Å²) < 4.78 is 6.01. The SMILES string of the molecule is CC(C)OC(=S)SCC(=S)N1CCCCC1. The average molecular weight is 277 g/mol. The molecule has 1 rings (SSSR count). The summed E-state index contributed by atoms with van der Waals surface area (Å²) >= 11 is 12.0. The summed E-state index contributed by atoms with van der Waals surface area (Å²) in [6, 6.07) is 0. The minimum atomic E-state index is 0.156. The normalized spacial score (nSPS) is 16.3. The minimum Gasteiger partial charge on any atom is -0.476 e. The number of piperidine rings is 1. The highest BCUT2D eigenvalue weighted by Gasteiger charge is 2.14. The van der Waals surface area contributed by atoms with Crippen LogP contribution in [0.15, 0.2) is 0 Å². The summed E-state index contributed by atoms with van der Waals surface area (Å²) in [6.45, 7) is 6.18. The molecule has 1 aliphatic heterocycles. The third-order valence-electron chi connectivity index (χ3n) is 2.35. The number of ether oxygens (including phenoxy) is 1. The highest BCUT2D eigenvalue weighted by molar-refractivity contribution is 8.23. The van der Waals surface area contributed by atoms with E-state index >= 15 is 0 Å². The summed E-state index contributed by atoms with van der Waals surface area (Å²) in [4.78, 5) is 3.31. The molecular formula is C11H19NOS3. The third-order valence-corrected chi connectivity index (χ3v) is 4.14. The van der Waals surface area contributed by atoms with Crippen molar-refractivity contribution >= 4 is 45.6 Å². The average Bonchev–Trinajstić information content (AvgIpc) is 2.26. The smallest absolute Gasteiger partial charge is 0.220 e. The molecule has 16 heavy (non-hydrogen) atoms. The second kappa shape index (κ2) is 7.45. The molecule has 0 aromatic rings. The van der Waals surface area contributed by atoms with Gasteiger partial charge in [0.05, 0.1) is 16.8 Å². The quantitative estimate of drug-likeness (QED) is 0.732. The molecule has 0 aromatic carbocycles. The van der Waals surface area contributed by atoms with Gasteiger partial charge in [-0.3, -0.25) is 0 Å². The molecule has 0 atom stereocenters. The van der Waals surface area contributed by atoms with Gasteiger partial charge in [0.2, 0.25) is 4.38 Å². The van der Waals surface area contributed by atoms with E-state index in [0.717, 1.165) is 23.8 Å². The Hall–Kier alpha value is 0.130. The van der Waals surface area contributed by atoms with Crippen molar-refractivity contribution in [2.45, 2.75) is 39.2 Å². The highest BCUT2D eigenvalue weighted by atomic mass is 32.2. The predicted molar refractivity (Wildman–Crippen MR) is 79.3 cm³/mol. The molecule has 92 valence electrons. The Balaban J connectivity index is 2.21. The number of likely N-dealkylation sites (tertiary alicyclic amines) is 1. The van der Waals surface area contributed by atoms with Crippen LogP contribution in [0.2, 0.25) is 0 Å². The Morgan fingerprint density at radius 3 is 2.44 bits per heavy atom. The Kier molecular flexibility index (Phi) is 6.61. The summed E-state index contributed by atoms with van der Waals surface area (Å²) in [5, 5.41) is 0. The lowest BCUT2D eigenvalue weighted by molar-refractivity contribution is 0.243. The van der Waals surface area contributed by atoms with E-state index in [9.17, 15) is 0 Å². The van der Waals surface area contributed by atoms with Crippen LogP contribution >= 0.6 is 36.2 Å². The molecule has 0 radical (unpaired) electrons. The molecule has 0 aromatic heterocycles. The van der Waals surface area contributed by atoms with Crippen molar-refractivity contribution < 1.29 is 4.74 Å². The van der Waals surface area contributed by atoms with Gasteiger partial charge < -0.3 is 9.64 Å². The van der Waals surface area contributed by atoms with Gasteiger partial charge in [-0.25, -0.2) is 0 Å². The second-order valence-electron chi connectivity index (χ2n) is 4.15. The van der Waals surface area contributed by atoms with Crippen LogP contribution in [0.5, 0.6) is 0 Å². The van der Waals surface area contributed by atoms with Crippen LogP contribution in [0.4, 0.5) is 0 Å². The Morgan fingerprint density at radius 1 is 1.25 bits per heavy atom. The number of hydrogen-bond acceptors (Lipinski definition) is 4. The third kappa shape index (κ3) is 5.46. The first-order valence-corrected chi connectivity index (χ1v) is 7.51. The lowest BCUT2D eigenvalue weighted by atomic mass is 10.1. The molecule has 0 unspecified atom stereocenters. The number of thioether (sulfide) groups is 1. The first kappa shape index (κ1) is 14.2. The van der Waals surface area contributed by atoms with E-state index in [1.165, 1.54) is 31.0 Å². The summed E-state index contributed by atoms with van der Waals surface area (Å²) in [7, 11) is 0. The van der Waals surface area contributed by atoms with Gasteiger partial charge in [0.15, 0.2) is 0 Å². The second-order valence-corrected chi connectivity index (χ2v) is 6.20.